The predicted octanol–water partition coefficient (Wildman–Crippen LogP) is 1.79. The summed E-state index contributed by atoms with van der Waals surface area (Å²) < 4.78 is 1.78. The molecule has 0 spiro atoms. The van der Waals surface area contributed by atoms with Crippen molar-refractivity contribution in [2.24, 2.45) is 7.05 Å². The lowest BCUT2D eigenvalue weighted by Gasteiger charge is -1.96. The minimum Gasteiger partial charge on any atom is -0.252 e. The number of aryl methyl sites for hydroxylation is 1. The lowest BCUT2D eigenvalue weighted by molar-refractivity contribution is 0.696. The first-order chi connectivity index (χ1) is 6.29. The van der Waals surface area contributed by atoms with Crippen molar-refractivity contribution >= 4 is 0 Å². The molecule has 0 saturated carbocycles. The summed E-state index contributed by atoms with van der Waals surface area (Å²) in [6, 6.07) is 10.1. The Morgan fingerprint density at radius 3 is 2.38 bits per heavy atom. The van der Waals surface area contributed by atoms with Gasteiger partial charge in [0.25, 0.3) is 0 Å². The lowest BCUT2D eigenvalue weighted by atomic mass is 10.1. The molecule has 2 rings (SSSR count). The second-order valence-electron chi connectivity index (χ2n) is 3.01. The number of hydrogen-bond donors (Lipinski definition) is 0. The van der Waals surface area contributed by atoms with E-state index >= 15 is 0 Å². The molecule has 0 N–H and O–H groups in total. The van der Waals surface area contributed by atoms with Crippen molar-refractivity contribution in [1.82, 2.24) is 15.0 Å². The van der Waals surface area contributed by atoms with Crippen molar-refractivity contribution in [3.8, 4) is 11.3 Å². The van der Waals surface area contributed by atoms with E-state index in [-0.39, 0.29) is 0 Å². The fraction of sp³-hybridized carbons (Fsp3) is 0.200. The molecule has 3 heteroatoms. The molecule has 0 radical (unpaired) electrons. The van der Waals surface area contributed by atoms with Gasteiger partial charge in [-0.05, 0) is 6.92 Å². The van der Waals surface area contributed by atoms with Crippen LogP contribution in [0.2, 0.25) is 0 Å². The van der Waals surface area contributed by atoms with Crippen LogP contribution in [0.15, 0.2) is 30.3 Å². The van der Waals surface area contributed by atoms with Gasteiger partial charge >= 0.3 is 0 Å². The van der Waals surface area contributed by atoms with Crippen LogP contribution >= 0.6 is 0 Å². The van der Waals surface area contributed by atoms with Gasteiger partial charge < -0.3 is 0 Å². The van der Waals surface area contributed by atoms with Crippen LogP contribution in [0.3, 0.4) is 0 Å². The number of nitrogens with zero attached hydrogens (tertiary/aromatic N) is 3. The van der Waals surface area contributed by atoms with Crippen molar-refractivity contribution < 1.29 is 0 Å². The van der Waals surface area contributed by atoms with Crippen molar-refractivity contribution in [3.05, 3.63) is 36.0 Å². The van der Waals surface area contributed by atoms with Crippen LogP contribution in [0.25, 0.3) is 11.3 Å². The molecular weight excluding hydrogens is 162 g/mol. The van der Waals surface area contributed by atoms with Gasteiger partial charge in [-0.2, -0.15) is 0 Å². The molecule has 0 atom stereocenters. The highest BCUT2D eigenvalue weighted by molar-refractivity contribution is 5.60. The summed E-state index contributed by atoms with van der Waals surface area (Å²) in [7, 11) is 1.90. The van der Waals surface area contributed by atoms with E-state index in [1.165, 1.54) is 0 Å². The van der Waals surface area contributed by atoms with Gasteiger partial charge in [-0.3, -0.25) is 4.68 Å². The third-order valence-corrected chi connectivity index (χ3v) is 2.15. The van der Waals surface area contributed by atoms with Crippen molar-refractivity contribution in [2.45, 2.75) is 6.92 Å². The van der Waals surface area contributed by atoms with Gasteiger partial charge in [-0.1, -0.05) is 35.5 Å². The molecule has 2 aromatic rings. The Hall–Kier alpha value is -1.64. The summed E-state index contributed by atoms with van der Waals surface area (Å²) in [4.78, 5) is 0. The van der Waals surface area contributed by atoms with Gasteiger partial charge in [-0.15, -0.1) is 5.10 Å². The van der Waals surface area contributed by atoms with Crippen LogP contribution < -0.4 is 0 Å². The van der Waals surface area contributed by atoms with E-state index in [4.69, 9.17) is 0 Å². The smallest absolute Gasteiger partial charge is 0.115 e. The summed E-state index contributed by atoms with van der Waals surface area (Å²) in [5.74, 6) is 0. The maximum absolute atomic E-state index is 4.10. The quantitative estimate of drug-likeness (QED) is 0.658. The normalized spacial score (nSPS) is 10.3. The summed E-state index contributed by atoms with van der Waals surface area (Å²) in [6.45, 7) is 2.02. The maximum atomic E-state index is 4.10. The predicted molar refractivity (Wildman–Crippen MR) is 51.2 cm³/mol. The second-order valence-corrected chi connectivity index (χ2v) is 3.01. The van der Waals surface area contributed by atoms with Gasteiger partial charge in [0.2, 0.25) is 0 Å². The van der Waals surface area contributed by atoms with Gasteiger partial charge in [0, 0.05) is 12.6 Å². The molecule has 1 heterocycles. The Labute approximate surface area is 77.0 Å². The third-order valence-electron chi connectivity index (χ3n) is 2.15. The fourth-order valence-corrected chi connectivity index (χ4v) is 1.27. The molecule has 0 fully saturated rings. The van der Waals surface area contributed by atoms with E-state index in [0.29, 0.717) is 0 Å². The van der Waals surface area contributed by atoms with E-state index in [2.05, 4.69) is 10.3 Å². The van der Waals surface area contributed by atoms with Crippen LogP contribution in [0, 0.1) is 6.92 Å². The highest BCUT2D eigenvalue weighted by Crippen LogP contribution is 2.18. The number of benzene rings is 1. The molecule has 0 bridgehead atoms. The minimum absolute atomic E-state index is 0.961. The lowest BCUT2D eigenvalue weighted by Crippen LogP contribution is -1.92. The molecule has 3 nitrogen and oxygen atoms in total. The Bertz CT molecular complexity index is 403. The molecule has 1 aromatic heterocycles. The van der Waals surface area contributed by atoms with Gasteiger partial charge in [0.05, 0.1) is 5.69 Å². The van der Waals surface area contributed by atoms with Crippen LogP contribution in [-0.2, 0) is 7.05 Å². The molecule has 0 aliphatic rings. The zero-order chi connectivity index (χ0) is 9.26. The largest absolute Gasteiger partial charge is 0.252 e. The summed E-state index contributed by atoms with van der Waals surface area (Å²) >= 11 is 0. The molecule has 0 saturated heterocycles. The topological polar surface area (TPSA) is 30.7 Å². The van der Waals surface area contributed by atoms with Crippen molar-refractivity contribution in [3.63, 3.8) is 0 Å². The van der Waals surface area contributed by atoms with E-state index in [9.17, 15) is 0 Å². The molecule has 13 heavy (non-hydrogen) atoms. The monoisotopic (exact) mass is 173 g/mol. The Balaban J connectivity index is 2.53. The molecule has 0 aliphatic heterocycles. The highest BCUT2D eigenvalue weighted by atomic mass is 15.4. The van der Waals surface area contributed by atoms with E-state index in [1.807, 2.05) is 44.3 Å². The van der Waals surface area contributed by atoms with E-state index < -0.39 is 0 Å². The van der Waals surface area contributed by atoms with Crippen LogP contribution in [-0.4, -0.2) is 15.0 Å². The van der Waals surface area contributed by atoms with Gasteiger partial charge in [0.1, 0.15) is 5.69 Å². The summed E-state index contributed by atoms with van der Waals surface area (Å²) in [6.07, 6.45) is 0. The number of rotatable bonds is 1. The average molecular weight is 173 g/mol. The van der Waals surface area contributed by atoms with Gasteiger partial charge in [-0.25, -0.2) is 0 Å². The van der Waals surface area contributed by atoms with Crippen LogP contribution in [0.1, 0.15) is 5.69 Å². The Morgan fingerprint density at radius 2 is 1.85 bits per heavy atom. The van der Waals surface area contributed by atoms with E-state index in [0.717, 1.165) is 17.0 Å². The van der Waals surface area contributed by atoms with Crippen molar-refractivity contribution in [2.75, 3.05) is 0 Å². The SMILES string of the molecule is Cc1c(-c2ccccc2)nnn1C. The van der Waals surface area contributed by atoms with Crippen LogP contribution in [0.4, 0.5) is 0 Å². The van der Waals surface area contributed by atoms with Crippen molar-refractivity contribution in [1.29, 1.82) is 0 Å². The zero-order valence-corrected chi connectivity index (χ0v) is 7.73. The van der Waals surface area contributed by atoms with E-state index in [1.54, 1.807) is 4.68 Å². The zero-order valence-electron chi connectivity index (χ0n) is 7.73. The number of hydrogen-bond acceptors (Lipinski definition) is 2. The third kappa shape index (κ3) is 1.33. The Kier molecular flexibility index (Phi) is 1.85. The molecule has 1 aromatic carbocycles. The Morgan fingerprint density at radius 1 is 1.15 bits per heavy atom. The molecule has 0 unspecified atom stereocenters. The molecular formula is C10H11N3. The first-order valence-electron chi connectivity index (χ1n) is 4.21. The number of aromatic nitrogens is 3. The fourth-order valence-electron chi connectivity index (χ4n) is 1.27. The maximum Gasteiger partial charge on any atom is 0.115 e. The average Bonchev–Trinajstić information content (AvgIpc) is 2.49. The molecule has 0 aliphatic carbocycles. The second kappa shape index (κ2) is 3.01. The van der Waals surface area contributed by atoms with Gasteiger partial charge in [0.15, 0.2) is 0 Å². The molecule has 0 amide bonds. The summed E-state index contributed by atoms with van der Waals surface area (Å²) in [5, 5.41) is 8.06. The standard InChI is InChI=1S/C10H11N3/c1-8-10(11-12-13(8)2)9-6-4-3-5-7-9/h3-7H,1-2H3. The molecule has 66 valence electrons. The summed E-state index contributed by atoms with van der Waals surface area (Å²) in [5.41, 5.74) is 3.17. The first kappa shape index (κ1) is 7.98. The first-order valence-corrected chi connectivity index (χ1v) is 4.21. The minimum atomic E-state index is 0.961. The highest BCUT2D eigenvalue weighted by Gasteiger charge is 2.06. The van der Waals surface area contributed by atoms with Crippen LogP contribution in [0.5, 0.6) is 0 Å².